The molecule has 1 aromatic carbocycles. The van der Waals surface area contributed by atoms with Gasteiger partial charge in [-0.25, -0.2) is 13.1 Å². The molecule has 2 atom stereocenters. The third-order valence-corrected chi connectivity index (χ3v) is 5.98. The van der Waals surface area contributed by atoms with E-state index < -0.39 is 40.6 Å². The number of sulfonamides is 1. The second-order valence-electron chi connectivity index (χ2n) is 7.00. The fraction of sp³-hybridized carbons (Fsp3) is 0.526. The summed E-state index contributed by atoms with van der Waals surface area (Å²) in [4.78, 5) is 38.3. The Labute approximate surface area is 170 Å². The van der Waals surface area contributed by atoms with Crippen LogP contribution in [0.25, 0.3) is 0 Å². The number of nitrogens with one attached hydrogen (secondary N) is 2. The minimum atomic E-state index is -3.60. The number of benzene rings is 1. The van der Waals surface area contributed by atoms with Crippen LogP contribution in [0.1, 0.15) is 40.0 Å². The summed E-state index contributed by atoms with van der Waals surface area (Å²) in [6, 6.07) is 5.32. The number of hydrogen-bond acceptors (Lipinski definition) is 6. The molecule has 160 valence electrons. The summed E-state index contributed by atoms with van der Waals surface area (Å²) in [6.07, 6.45) is 1.29. The summed E-state index contributed by atoms with van der Waals surface area (Å²) >= 11 is 0. The van der Waals surface area contributed by atoms with Crippen molar-refractivity contribution in [3.05, 3.63) is 24.3 Å². The summed E-state index contributed by atoms with van der Waals surface area (Å²) in [7, 11) is -3.60. The molecule has 0 radical (unpaired) electrons. The maximum absolute atomic E-state index is 12.8. The summed E-state index contributed by atoms with van der Waals surface area (Å²) < 4.78 is 31.1. The maximum atomic E-state index is 12.8. The molecule has 10 heteroatoms. The average Bonchev–Trinajstić information content (AvgIpc) is 2.78. The number of fused-ring (bicyclic) bond motifs is 1. The highest BCUT2D eigenvalue weighted by molar-refractivity contribution is 7.89. The van der Waals surface area contributed by atoms with E-state index in [1.54, 1.807) is 31.2 Å². The van der Waals surface area contributed by atoms with Gasteiger partial charge in [0.2, 0.25) is 15.9 Å². The second-order valence-corrected chi connectivity index (χ2v) is 8.88. The predicted molar refractivity (Wildman–Crippen MR) is 109 cm³/mol. The normalized spacial score (nSPS) is 17.7. The Hall–Kier alpha value is -2.46. The predicted octanol–water partition coefficient (Wildman–Crippen LogP) is 1.40. The number of carbonyl (C=O) groups is 3. The number of rotatable bonds is 8. The fourth-order valence-electron chi connectivity index (χ4n) is 3.01. The number of carbonyl (C=O) groups excluding carboxylic acids is 3. The van der Waals surface area contributed by atoms with Crippen LogP contribution in [0, 0.1) is 0 Å². The molecule has 2 rings (SSSR count). The van der Waals surface area contributed by atoms with Crippen LogP contribution in [-0.4, -0.2) is 50.6 Å². The Morgan fingerprint density at radius 1 is 1.34 bits per heavy atom. The van der Waals surface area contributed by atoms with E-state index in [0.717, 1.165) is 0 Å². The highest BCUT2D eigenvalue weighted by Crippen LogP contribution is 2.31. The molecule has 0 saturated heterocycles. The highest BCUT2D eigenvalue weighted by atomic mass is 32.2. The lowest BCUT2D eigenvalue weighted by Gasteiger charge is -2.27. The van der Waals surface area contributed by atoms with Crippen molar-refractivity contribution in [1.29, 1.82) is 0 Å². The lowest BCUT2D eigenvalue weighted by Crippen LogP contribution is -2.44. The van der Waals surface area contributed by atoms with Crippen molar-refractivity contribution >= 4 is 39.2 Å². The topological polar surface area (TPSA) is 122 Å². The zero-order chi connectivity index (χ0) is 21.6. The molecule has 1 aliphatic heterocycles. The molecular formula is C19H27N3O6S. The zero-order valence-electron chi connectivity index (χ0n) is 16.8. The Morgan fingerprint density at radius 2 is 2.03 bits per heavy atom. The third kappa shape index (κ3) is 6.26. The van der Waals surface area contributed by atoms with E-state index in [1.165, 1.54) is 11.8 Å². The summed E-state index contributed by atoms with van der Waals surface area (Å²) in [5, 5.41) is 2.75. The van der Waals surface area contributed by atoms with E-state index in [4.69, 9.17) is 4.74 Å². The van der Waals surface area contributed by atoms with Crippen LogP contribution in [0.15, 0.2) is 24.3 Å². The van der Waals surface area contributed by atoms with Crippen molar-refractivity contribution in [2.45, 2.75) is 52.1 Å². The van der Waals surface area contributed by atoms with Gasteiger partial charge in [0.15, 0.2) is 6.61 Å². The Bertz CT molecular complexity index is 870. The maximum Gasteiger partial charge on any atom is 0.324 e. The molecule has 0 aromatic heterocycles. The molecule has 2 amide bonds. The average molecular weight is 426 g/mol. The van der Waals surface area contributed by atoms with E-state index in [-0.39, 0.29) is 18.1 Å². The van der Waals surface area contributed by atoms with Crippen molar-refractivity contribution in [2.24, 2.45) is 0 Å². The molecule has 1 aliphatic rings. The van der Waals surface area contributed by atoms with Gasteiger partial charge < -0.3 is 15.0 Å². The van der Waals surface area contributed by atoms with Crippen LogP contribution in [0.2, 0.25) is 0 Å². The SMILES string of the molecule is CCCCS(=O)(=O)N[C@@H](C)C(=O)OCC(=O)N1c2ccccc2NC(=O)C[C@H]1C. The Kier molecular flexibility index (Phi) is 7.74. The first-order chi connectivity index (χ1) is 13.6. The summed E-state index contributed by atoms with van der Waals surface area (Å²) in [5.41, 5.74) is 1.01. The van der Waals surface area contributed by atoms with E-state index >= 15 is 0 Å². The molecule has 0 bridgehead atoms. The minimum absolute atomic E-state index is 0.0802. The van der Waals surface area contributed by atoms with E-state index in [2.05, 4.69) is 10.0 Å². The molecule has 2 N–H and O–H groups in total. The first kappa shape index (κ1) is 22.8. The van der Waals surface area contributed by atoms with Crippen molar-refractivity contribution < 1.29 is 27.5 Å². The molecule has 0 spiro atoms. The Balaban J connectivity index is 2.02. The standard InChI is InChI=1S/C19H27N3O6S/c1-4-5-10-29(26,27)21-14(3)19(25)28-12-18(24)22-13(2)11-17(23)20-15-8-6-7-9-16(15)22/h6-9,13-14,21H,4-5,10-12H2,1-3H3,(H,20,23)/t13-,14+/m1/s1. The lowest BCUT2D eigenvalue weighted by atomic mass is 10.1. The van der Waals surface area contributed by atoms with Crippen LogP contribution < -0.4 is 14.9 Å². The monoisotopic (exact) mass is 425 g/mol. The van der Waals surface area contributed by atoms with Gasteiger partial charge in [0, 0.05) is 12.5 Å². The molecule has 1 aromatic rings. The molecule has 0 saturated carbocycles. The molecule has 0 aliphatic carbocycles. The van der Waals surface area contributed by atoms with Gasteiger partial charge in [-0.3, -0.25) is 14.4 Å². The number of amides is 2. The van der Waals surface area contributed by atoms with Gasteiger partial charge in [0.05, 0.1) is 17.1 Å². The second kappa shape index (κ2) is 9.84. The zero-order valence-corrected chi connectivity index (χ0v) is 17.6. The number of hydrogen-bond donors (Lipinski definition) is 2. The van der Waals surface area contributed by atoms with Crippen LogP contribution in [0.4, 0.5) is 11.4 Å². The molecule has 0 fully saturated rings. The van der Waals surface area contributed by atoms with Crippen molar-refractivity contribution in [3.8, 4) is 0 Å². The molecule has 0 unspecified atom stereocenters. The number of nitrogens with zero attached hydrogens (tertiary/aromatic N) is 1. The minimum Gasteiger partial charge on any atom is -0.454 e. The van der Waals surface area contributed by atoms with Gasteiger partial charge in [0.25, 0.3) is 5.91 Å². The molecule has 1 heterocycles. The smallest absolute Gasteiger partial charge is 0.324 e. The van der Waals surface area contributed by atoms with Crippen molar-refractivity contribution in [1.82, 2.24) is 4.72 Å². The van der Waals surface area contributed by atoms with E-state index in [9.17, 15) is 22.8 Å². The van der Waals surface area contributed by atoms with E-state index in [1.807, 2.05) is 6.92 Å². The van der Waals surface area contributed by atoms with Gasteiger partial charge in [-0.2, -0.15) is 0 Å². The quantitative estimate of drug-likeness (QED) is 0.607. The Morgan fingerprint density at radius 3 is 2.72 bits per heavy atom. The van der Waals surface area contributed by atoms with E-state index in [0.29, 0.717) is 24.2 Å². The van der Waals surface area contributed by atoms with Crippen LogP contribution in [0.3, 0.4) is 0 Å². The van der Waals surface area contributed by atoms with Crippen molar-refractivity contribution in [3.63, 3.8) is 0 Å². The first-order valence-corrected chi connectivity index (χ1v) is 11.2. The first-order valence-electron chi connectivity index (χ1n) is 9.52. The number of ether oxygens (including phenoxy) is 1. The molecular weight excluding hydrogens is 398 g/mol. The largest absolute Gasteiger partial charge is 0.454 e. The fourth-order valence-corrected chi connectivity index (χ4v) is 4.43. The van der Waals surface area contributed by atoms with Crippen LogP contribution >= 0.6 is 0 Å². The number of anilines is 2. The summed E-state index contributed by atoms with van der Waals surface area (Å²) in [5.74, 6) is -1.64. The number of para-hydroxylation sites is 2. The van der Waals surface area contributed by atoms with Gasteiger partial charge in [0.1, 0.15) is 6.04 Å². The van der Waals surface area contributed by atoms with Crippen molar-refractivity contribution in [2.75, 3.05) is 22.6 Å². The number of unbranched alkanes of at least 4 members (excludes halogenated alkanes) is 1. The van der Waals surface area contributed by atoms with Gasteiger partial charge in [-0.1, -0.05) is 25.5 Å². The number of esters is 1. The van der Waals surface area contributed by atoms with Gasteiger partial charge >= 0.3 is 5.97 Å². The lowest BCUT2D eigenvalue weighted by molar-refractivity contribution is -0.149. The van der Waals surface area contributed by atoms with Gasteiger partial charge in [-0.15, -0.1) is 0 Å². The van der Waals surface area contributed by atoms with Gasteiger partial charge in [-0.05, 0) is 32.4 Å². The van der Waals surface area contributed by atoms with Crippen LogP contribution in [0.5, 0.6) is 0 Å². The van der Waals surface area contributed by atoms with Crippen LogP contribution in [-0.2, 0) is 29.1 Å². The summed E-state index contributed by atoms with van der Waals surface area (Å²) in [6.45, 7) is 4.39. The molecule has 9 nitrogen and oxygen atoms in total. The third-order valence-electron chi connectivity index (χ3n) is 4.44. The molecule has 29 heavy (non-hydrogen) atoms. The highest BCUT2D eigenvalue weighted by Gasteiger charge is 2.30.